The summed E-state index contributed by atoms with van der Waals surface area (Å²) in [6.07, 6.45) is 0. The van der Waals surface area contributed by atoms with Crippen molar-refractivity contribution in [3.63, 3.8) is 0 Å². The third-order valence-corrected chi connectivity index (χ3v) is 6.77. The van der Waals surface area contributed by atoms with Gasteiger partial charge in [-0.15, -0.1) is 0 Å². The van der Waals surface area contributed by atoms with Crippen molar-refractivity contribution in [3.8, 4) is 0 Å². The first-order valence-electron chi connectivity index (χ1n) is 9.77. The quantitative estimate of drug-likeness (QED) is 0.492. The molecule has 2 aromatic carbocycles. The Bertz CT molecular complexity index is 1100. The molecular weight excluding hydrogens is 424 g/mol. The van der Waals surface area contributed by atoms with E-state index < -0.39 is 20.9 Å². The molecule has 11 heteroatoms. The maximum Gasteiger partial charge on any atom is 0.285 e. The number of nitro benzene ring substituents is 1. The summed E-state index contributed by atoms with van der Waals surface area (Å²) < 4.78 is 32.5. The van der Waals surface area contributed by atoms with Crippen molar-refractivity contribution in [2.75, 3.05) is 43.5 Å². The molecule has 31 heavy (non-hydrogen) atoms. The predicted octanol–water partition coefficient (Wildman–Crippen LogP) is 2.61. The number of morpholine rings is 1. The number of nitrogens with zero attached hydrogens (tertiary/aromatic N) is 2. The van der Waals surface area contributed by atoms with Crippen LogP contribution >= 0.6 is 0 Å². The summed E-state index contributed by atoms with van der Waals surface area (Å²) in [4.78, 5) is 23.8. The first-order valence-corrected chi connectivity index (χ1v) is 11.2. The molecule has 0 radical (unpaired) electrons. The van der Waals surface area contributed by atoms with Crippen LogP contribution in [0.4, 0.5) is 17.1 Å². The number of ether oxygens (including phenoxy) is 1. The highest BCUT2D eigenvalue weighted by molar-refractivity contribution is 7.89. The standard InChI is InChI=1S/C20H24N4O6S/c1-3-21-17-8-7-15(31(28,29)23-9-11-30-12-10-23)13-18(17)22-20(25)16-6-4-5-14(2)19(16)24(26)27/h4-8,13,21H,3,9-12H2,1-2H3,(H,22,25). The summed E-state index contributed by atoms with van der Waals surface area (Å²) in [6.45, 7) is 5.06. The summed E-state index contributed by atoms with van der Waals surface area (Å²) in [5.74, 6) is -0.699. The van der Waals surface area contributed by atoms with E-state index >= 15 is 0 Å². The molecule has 2 N–H and O–H groups in total. The number of sulfonamides is 1. The zero-order valence-electron chi connectivity index (χ0n) is 17.3. The van der Waals surface area contributed by atoms with Crippen molar-refractivity contribution < 1.29 is 22.9 Å². The number of nitrogens with one attached hydrogen (secondary N) is 2. The van der Waals surface area contributed by atoms with Crippen molar-refractivity contribution >= 4 is 33.0 Å². The van der Waals surface area contributed by atoms with Crippen LogP contribution in [0.15, 0.2) is 41.3 Å². The van der Waals surface area contributed by atoms with E-state index in [1.54, 1.807) is 25.1 Å². The fourth-order valence-electron chi connectivity index (χ4n) is 3.34. The molecule has 1 aliphatic heterocycles. The van der Waals surface area contributed by atoms with Gasteiger partial charge in [0.1, 0.15) is 5.56 Å². The summed E-state index contributed by atoms with van der Waals surface area (Å²) in [5.41, 5.74) is 0.688. The second-order valence-electron chi connectivity index (χ2n) is 6.94. The minimum atomic E-state index is -3.78. The second kappa shape index (κ2) is 9.41. The molecule has 0 saturated carbocycles. The highest BCUT2D eigenvalue weighted by Crippen LogP contribution is 2.30. The van der Waals surface area contributed by atoms with Crippen LogP contribution in [0, 0.1) is 17.0 Å². The molecule has 0 spiro atoms. The molecule has 0 atom stereocenters. The van der Waals surface area contributed by atoms with Crippen LogP contribution in [0.3, 0.4) is 0 Å². The Morgan fingerprint density at radius 1 is 1.19 bits per heavy atom. The topological polar surface area (TPSA) is 131 Å². The van der Waals surface area contributed by atoms with E-state index in [0.29, 0.717) is 31.0 Å². The Morgan fingerprint density at radius 2 is 1.90 bits per heavy atom. The number of carbonyl (C=O) groups excluding carboxylic acids is 1. The largest absolute Gasteiger partial charge is 0.384 e. The number of amides is 1. The van der Waals surface area contributed by atoms with Gasteiger partial charge in [0.15, 0.2) is 0 Å². The molecule has 0 bridgehead atoms. The van der Waals surface area contributed by atoms with Crippen molar-refractivity contribution in [1.82, 2.24) is 4.31 Å². The minimum Gasteiger partial charge on any atom is -0.384 e. The van der Waals surface area contributed by atoms with Gasteiger partial charge >= 0.3 is 0 Å². The number of benzene rings is 2. The van der Waals surface area contributed by atoms with Gasteiger partial charge in [-0.1, -0.05) is 12.1 Å². The predicted molar refractivity (Wildman–Crippen MR) is 116 cm³/mol. The third-order valence-electron chi connectivity index (χ3n) is 4.88. The maximum atomic E-state index is 13.0. The van der Waals surface area contributed by atoms with Gasteiger partial charge in [-0.3, -0.25) is 14.9 Å². The maximum absolute atomic E-state index is 13.0. The highest BCUT2D eigenvalue weighted by Gasteiger charge is 2.28. The van der Waals surface area contributed by atoms with Gasteiger partial charge in [0.25, 0.3) is 11.6 Å². The molecule has 1 heterocycles. The van der Waals surface area contributed by atoms with Crippen molar-refractivity contribution in [1.29, 1.82) is 0 Å². The van der Waals surface area contributed by atoms with Crippen LogP contribution in [-0.2, 0) is 14.8 Å². The van der Waals surface area contributed by atoms with Crippen molar-refractivity contribution in [3.05, 3.63) is 57.6 Å². The average Bonchev–Trinajstić information content (AvgIpc) is 2.75. The Labute approximate surface area is 180 Å². The monoisotopic (exact) mass is 448 g/mol. The molecule has 10 nitrogen and oxygen atoms in total. The highest BCUT2D eigenvalue weighted by atomic mass is 32.2. The van der Waals surface area contributed by atoms with E-state index in [0.717, 1.165) is 0 Å². The second-order valence-corrected chi connectivity index (χ2v) is 8.87. The number of anilines is 2. The lowest BCUT2D eigenvalue weighted by Crippen LogP contribution is -2.40. The van der Waals surface area contributed by atoms with Crippen LogP contribution in [0.25, 0.3) is 0 Å². The van der Waals surface area contributed by atoms with E-state index in [-0.39, 0.29) is 34.9 Å². The van der Waals surface area contributed by atoms with Crippen LogP contribution < -0.4 is 10.6 Å². The average molecular weight is 449 g/mol. The van der Waals surface area contributed by atoms with Crippen molar-refractivity contribution in [2.24, 2.45) is 0 Å². The lowest BCUT2D eigenvalue weighted by atomic mass is 10.1. The van der Waals surface area contributed by atoms with E-state index in [1.165, 1.54) is 22.5 Å². The summed E-state index contributed by atoms with van der Waals surface area (Å²) in [5, 5.41) is 17.1. The molecule has 1 saturated heterocycles. The zero-order valence-corrected chi connectivity index (χ0v) is 18.1. The van der Waals surface area contributed by atoms with Gasteiger partial charge in [0.05, 0.1) is 34.4 Å². The SMILES string of the molecule is CCNc1ccc(S(=O)(=O)N2CCOCC2)cc1NC(=O)c1cccc(C)c1[N+](=O)[O-]. The molecule has 1 aliphatic rings. The minimum absolute atomic E-state index is 0.0186. The number of nitro groups is 1. The smallest absolute Gasteiger partial charge is 0.285 e. The van der Waals surface area contributed by atoms with Crippen LogP contribution in [-0.4, -0.2) is 56.4 Å². The molecule has 1 amide bonds. The van der Waals surface area contributed by atoms with Crippen LogP contribution in [0.1, 0.15) is 22.8 Å². The number of hydrogen-bond acceptors (Lipinski definition) is 7. The molecule has 0 aliphatic carbocycles. The fourth-order valence-corrected chi connectivity index (χ4v) is 4.78. The number of para-hydroxylation sites is 1. The molecule has 1 fully saturated rings. The van der Waals surface area contributed by atoms with Crippen molar-refractivity contribution in [2.45, 2.75) is 18.7 Å². The molecular formula is C20H24N4O6S. The Morgan fingerprint density at radius 3 is 2.55 bits per heavy atom. The van der Waals surface area contributed by atoms with Gasteiger partial charge in [0.2, 0.25) is 10.0 Å². The molecule has 0 aromatic heterocycles. The number of rotatable bonds is 7. The lowest BCUT2D eigenvalue weighted by molar-refractivity contribution is -0.385. The summed E-state index contributed by atoms with van der Waals surface area (Å²) in [6, 6.07) is 8.87. The Hall–Kier alpha value is -3.02. The Balaban J connectivity index is 1.98. The number of carbonyl (C=O) groups is 1. The first-order chi connectivity index (χ1) is 14.8. The summed E-state index contributed by atoms with van der Waals surface area (Å²) >= 11 is 0. The van der Waals surface area contributed by atoms with Gasteiger partial charge in [-0.25, -0.2) is 8.42 Å². The summed E-state index contributed by atoms with van der Waals surface area (Å²) in [7, 11) is -3.78. The number of aryl methyl sites for hydroxylation is 1. The van der Waals surface area contributed by atoms with Gasteiger partial charge < -0.3 is 15.4 Å². The van der Waals surface area contributed by atoms with E-state index in [4.69, 9.17) is 4.74 Å². The van der Waals surface area contributed by atoms with E-state index in [1.807, 2.05) is 6.92 Å². The molecule has 2 aromatic rings. The molecule has 166 valence electrons. The number of hydrogen-bond donors (Lipinski definition) is 2. The lowest BCUT2D eigenvalue weighted by Gasteiger charge is -2.26. The van der Waals surface area contributed by atoms with Gasteiger partial charge in [0, 0.05) is 25.2 Å². The van der Waals surface area contributed by atoms with Crippen LogP contribution in [0.2, 0.25) is 0 Å². The van der Waals surface area contributed by atoms with E-state index in [2.05, 4.69) is 10.6 Å². The Kier molecular flexibility index (Phi) is 6.88. The first kappa shape index (κ1) is 22.7. The zero-order chi connectivity index (χ0) is 22.6. The van der Waals surface area contributed by atoms with Gasteiger partial charge in [-0.2, -0.15) is 4.31 Å². The molecule has 0 unspecified atom stereocenters. The van der Waals surface area contributed by atoms with Crippen LogP contribution in [0.5, 0.6) is 0 Å². The molecule has 3 rings (SSSR count). The normalized spacial score (nSPS) is 14.8. The van der Waals surface area contributed by atoms with E-state index in [9.17, 15) is 23.3 Å². The third kappa shape index (κ3) is 4.84. The fraction of sp³-hybridized carbons (Fsp3) is 0.350. The van der Waals surface area contributed by atoms with Gasteiger partial charge in [-0.05, 0) is 38.1 Å².